The van der Waals surface area contributed by atoms with Gasteiger partial charge in [0.1, 0.15) is 0 Å². The number of nitrogens with zero attached hydrogens (tertiary/aromatic N) is 1. The molecule has 1 heterocycles. The number of amides is 2. The largest absolute Gasteiger partial charge is 0.348 e. The lowest BCUT2D eigenvalue weighted by molar-refractivity contribution is -0.131. The predicted molar refractivity (Wildman–Crippen MR) is 100 cm³/mol. The molecule has 0 aliphatic rings. The minimum atomic E-state index is -0.267. The molecule has 1 atom stereocenters. The van der Waals surface area contributed by atoms with Gasteiger partial charge in [0, 0.05) is 30.3 Å². The fourth-order valence-electron chi connectivity index (χ4n) is 2.38. The summed E-state index contributed by atoms with van der Waals surface area (Å²) in [6.07, 6.45) is 2.30. The molecule has 6 heteroatoms. The monoisotopic (exact) mass is 362 g/mol. The second-order valence-electron chi connectivity index (χ2n) is 5.57. The van der Waals surface area contributed by atoms with Gasteiger partial charge in [-0.25, -0.2) is 0 Å². The molecule has 0 saturated heterocycles. The molecule has 1 unspecified atom stereocenters. The van der Waals surface area contributed by atoms with Crippen LogP contribution in [-0.4, -0.2) is 30.0 Å². The van der Waals surface area contributed by atoms with E-state index in [9.17, 15) is 9.59 Å². The van der Waals surface area contributed by atoms with Gasteiger partial charge in [0.25, 0.3) is 0 Å². The van der Waals surface area contributed by atoms with Crippen LogP contribution in [0.25, 0.3) is 0 Å². The molecule has 128 valence electrons. The molecule has 0 spiro atoms. The highest BCUT2D eigenvalue weighted by Gasteiger charge is 2.20. The van der Waals surface area contributed by atoms with E-state index in [1.165, 1.54) is 11.8 Å². The molecule has 1 aromatic carbocycles. The first-order valence-corrected chi connectivity index (χ1v) is 9.77. The van der Waals surface area contributed by atoms with E-state index in [1.54, 1.807) is 35.0 Å². The van der Waals surface area contributed by atoms with Crippen molar-refractivity contribution in [3.05, 3.63) is 52.2 Å². The summed E-state index contributed by atoms with van der Waals surface area (Å²) in [7, 11) is 1.80. The number of thioether (sulfide) groups is 1. The van der Waals surface area contributed by atoms with E-state index in [2.05, 4.69) is 17.4 Å². The van der Waals surface area contributed by atoms with Crippen molar-refractivity contribution < 1.29 is 9.59 Å². The average molecular weight is 363 g/mol. The summed E-state index contributed by atoms with van der Waals surface area (Å²) in [5, 5.41) is 4.82. The lowest BCUT2D eigenvalue weighted by Gasteiger charge is -2.22. The summed E-state index contributed by atoms with van der Waals surface area (Å²) in [5.41, 5.74) is 1.09. The molecule has 0 aliphatic carbocycles. The number of hydrogen-bond donors (Lipinski definition) is 1. The van der Waals surface area contributed by atoms with Gasteiger partial charge in [-0.05, 0) is 35.4 Å². The molecule has 0 saturated carbocycles. The summed E-state index contributed by atoms with van der Waals surface area (Å²) in [6.45, 7) is 2.03. The van der Waals surface area contributed by atoms with Crippen LogP contribution >= 0.6 is 23.1 Å². The molecule has 0 aliphatic heterocycles. The van der Waals surface area contributed by atoms with E-state index >= 15 is 0 Å². The van der Waals surface area contributed by atoms with Crippen molar-refractivity contribution in [3.8, 4) is 0 Å². The zero-order valence-electron chi connectivity index (χ0n) is 14.1. The fraction of sp³-hybridized carbons (Fsp3) is 0.333. The van der Waals surface area contributed by atoms with Crippen LogP contribution in [0.5, 0.6) is 0 Å². The second-order valence-corrected chi connectivity index (χ2v) is 7.43. The third kappa shape index (κ3) is 5.39. The quantitative estimate of drug-likeness (QED) is 0.764. The van der Waals surface area contributed by atoms with Crippen molar-refractivity contribution in [1.29, 1.82) is 0 Å². The second kappa shape index (κ2) is 8.89. The number of benzene rings is 1. The minimum absolute atomic E-state index is 0.0103. The van der Waals surface area contributed by atoms with Crippen LogP contribution in [0.15, 0.2) is 46.7 Å². The Bertz CT molecular complexity index is 669. The minimum Gasteiger partial charge on any atom is -0.348 e. The Balaban J connectivity index is 1.98. The maximum atomic E-state index is 12.5. The van der Waals surface area contributed by atoms with Crippen molar-refractivity contribution >= 4 is 34.9 Å². The molecule has 2 amide bonds. The number of carbonyl (C=O) groups excluding carboxylic acids is 2. The van der Waals surface area contributed by atoms with Crippen LogP contribution in [0.3, 0.4) is 0 Å². The third-order valence-corrected chi connectivity index (χ3v) is 5.38. The maximum absolute atomic E-state index is 12.5. The highest BCUT2D eigenvalue weighted by Crippen LogP contribution is 2.23. The van der Waals surface area contributed by atoms with Gasteiger partial charge in [0.05, 0.1) is 12.5 Å². The van der Waals surface area contributed by atoms with E-state index in [1.807, 2.05) is 35.9 Å². The van der Waals surface area contributed by atoms with E-state index in [4.69, 9.17) is 0 Å². The molecule has 4 nitrogen and oxygen atoms in total. The van der Waals surface area contributed by atoms with E-state index < -0.39 is 0 Å². The Morgan fingerprint density at radius 3 is 2.50 bits per heavy atom. The Morgan fingerprint density at radius 2 is 1.96 bits per heavy atom. The first-order valence-electron chi connectivity index (χ1n) is 7.67. The van der Waals surface area contributed by atoms with Crippen LogP contribution in [0, 0.1) is 0 Å². The van der Waals surface area contributed by atoms with Gasteiger partial charge in [0.2, 0.25) is 11.8 Å². The van der Waals surface area contributed by atoms with Gasteiger partial charge in [-0.1, -0.05) is 18.2 Å². The molecule has 0 fully saturated rings. The van der Waals surface area contributed by atoms with Crippen LogP contribution in [-0.2, 0) is 16.1 Å². The van der Waals surface area contributed by atoms with Crippen LogP contribution in [0.4, 0.5) is 0 Å². The molecule has 24 heavy (non-hydrogen) atoms. The van der Waals surface area contributed by atoms with Gasteiger partial charge >= 0.3 is 0 Å². The molecule has 1 N–H and O–H groups in total. The average Bonchev–Trinajstić information content (AvgIpc) is 3.09. The molecule has 2 aromatic rings. The highest BCUT2D eigenvalue weighted by atomic mass is 32.2. The smallest absolute Gasteiger partial charge is 0.225 e. The number of hydrogen-bond acceptors (Lipinski definition) is 4. The zero-order chi connectivity index (χ0) is 17.5. The van der Waals surface area contributed by atoms with Crippen molar-refractivity contribution in [1.82, 2.24) is 10.2 Å². The van der Waals surface area contributed by atoms with Gasteiger partial charge < -0.3 is 10.2 Å². The standard InChI is InChI=1S/C18H22N2O2S2/c1-13(21)19-16(17-5-4-10-24-17)11-18(22)20(2)12-14-6-8-15(23-3)9-7-14/h4-10,16H,11-12H2,1-3H3,(H,19,21). The molecule has 0 radical (unpaired) electrons. The lowest BCUT2D eigenvalue weighted by atomic mass is 10.1. The van der Waals surface area contributed by atoms with E-state index in [0.29, 0.717) is 6.54 Å². The number of thiophene rings is 1. The number of carbonyl (C=O) groups is 2. The SMILES string of the molecule is CSc1ccc(CN(C)C(=O)CC(NC(C)=O)c2cccs2)cc1. The van der Waals surface area contributed by atoms with E-state index in [-0.39, 0.29) is 24.3 Å². The normalized spacial score (nSPS) is 11.8. The van der Waals surface area contributed by atoms with Crippen molar-refractivity contribution in [2.45, 2.75) is 30.8 Å². The van der Waals surface area contributed by atoms with Gasteiger partial charge in [-0.15, -0.1) is 23.1 Å². The van der Waals surface area contributed by atoms with Crippen LogP contribution in [0.2, 0.25) is 0 Å². The summed E-state index contributed by atoms with van der Waals surface area (Å²) >= 11 is 3.24. The molecular weight excluding hydrogens is 340 g/mol. The summed E-state index contributed by atoms with van der Waals surface area (Å²) in [4.78, 5) is 27.9. The number of nitrogens with one attached hydrogen (secondary N) is 1. The van der Waals surface area contributed by atoms with Crippen LogP contribution < -0.4 is 5.32 Å². The predicted octanol–water partition coefficient (Wildman–Crippen LogP) is 3.70. The van der Waals surface area contributed by atoms with Gasteiger partial charge in [0.15, 0.2) is 0 Å². The zero-order valence-corrected chi connectivity index (χ0v) is 15.7. The first-order chi connectivity index (χ1) is 11.5. The highest BCUT2D eigenvalue weighted by molar-refractivity contribution is 7.98. The fourth-order valence-corrected chi connectivity index (χ4v) is 3.57. The molecule has 2 rings (SSSR count). The summed E-state index contributed by atoms with van der Waals surface area (Å²) < 4.78 is 0. The first kappa shape index (κ1) is 18.5. The number of rotatable bonds is 7. The van der Waals surface area contributed by atoms with E-state index in [0.717, 1.165) is 10.4 Å². The Labute approximate surface area is 151 Å². The van der Waals surface area contributed by atoms with Crippen molar-refractivity contribution in [2.24, 2.45) is 0 Å². The maximum Gasteiger partial charge on any atom is 0.225 e. The Morgan fingerprint density at radius 1 is 1.25 bits per heavy atom. The van der Waals surface area contributed by atoms with Crippen molar-refractivity contribution in [3.63, 3.8) is 0 Å². The summed E-state index contributed by atoms with van der Waals surface area (Å²) in [6, 6.07) is 11.8. The molecule has 0 bridgehead atoms. The Hall–Kier alpha value is -1.79. The Kier molecular flexibility index (Phi) is 6.87. The van der Waals surface area contributed by atoms with Crippen LogP contribution in [0.1, 0.15) is 29.8 Å². The third-order valence-electron chi connectivity index (χ3n) is 3.65. The lowest BCUT2D eigenvalue weighted by Crippen LogP contribution is -2.33. The molecular formula is C18H22N2O2S2. The topological polar surface area (TPSA) is 49.4 Å². The summed E-state index contributed by atoms with van der Waals surface area (Å²) in [5.74, 6) is -0.118. The van der Waals surface area contributed by atoms with Crippen molar-refractivity contribution in [2.75, 3.05) is 13.3 Å². The molecule has 1 aromatic heterocycles. The van der Waals surface area contributed by atoms with Gasteiger partial charge in [-0.2, -0.15) is 0 Å². The van der Waals surface area contributed by atoms with Gasteiger partial charge in [-0.3, -0.25) is 9.59 Å².